The molecule has 6 heteroatoms. The second-order valence-corrected chi connectivity index (χ2v) is 6.46. The van der Waals surface area contributed by atoms with Crippen LogP contribution in [-0.2, 0) is 4.74 Å². The maximum absolute atomic E-state index is 10.0. The molecule has 0 aliphatic rings. The van der Waals surface area contributed by atoms with E-state index in [0.29, 0.717) is 21.4 Å². The highest BCUT2D eigenvalue weighted by Crippen LogP contribution is 2.21. The zero-order valence-corrected chi connectivity index (χ0v) is 14.2. The molecule has 0 aliphatic carbocycles. The van der Waals surface area contributed by atoms with Gasteiger partial charge in [0.05, 0.1) is 35.5 Å². The predicted molar refractivity (Wildman–Crippen MR) is 91.5 cm³/mol. The summed E-state index contributed by atoms with van der Waals surface area (Å²) in [6, 6.07) is 12.9. The largest absolute Gasteiger partial charge is 0.390 e. The maximum Gasteiger partial charge on any atom is 0.0993 e. The number of aliphatic hydroxyl groups is 1. The Morgan fingerprint density at radius 3 is 2.78 bits per heavy atom. The predicted octanol–water partition coefficient (Wildman–Crippen LogP) is 3.84. The number of aromatic nitrogens is 1. The fourth-order valence-corrected chi connectivity index (χ4v) is 2.80. The van der Waals surface area contributed by atoms with E-state index in [1.165, 1.54) is 11.8 Å². The zero-order chi connectivity index (χ0) is 16.7. The van der Waals surface area contributed by atoms with Gasteiger partial charge in [-0.05, 0) is 36.8 Å². The summed E-state index contributed by atoms with van der Waals surface area (Å²) in [5, 5.41) is 20.3. The van der Waals surface area contributed by atoms with Crippen LogP contribution in [-0.4, -0.2) is 28.6 Å². The van der Waals surface area contributed by atoms with E-state index in [1.54, 1.807) is 18.3 Å². The van der Waals surface area contributed by atoms with Crippen LogP contribution in [0.25, 0.3) is 0 Å². The minimum atomic E-state index is -0.609. The van der Waals surface area contributed by atoms with Crippen molar-refractivity contribution in [1.29, 1.82) is 5.26 Å². The van der Waals surface area contributed by atoms with Crippen LogP contribution in [0.3, 0.4) is 0 Å². The summed E-state index contributed by atoms with van der Waals surface area (Å²) in [6.07, 6.45) is 0.862. The van der Waals surface area contributed by atoms with Crippen molar-refractivity contribution >= 4 is 23.4 Å². The number of rotatable bonds is 7. The van der Waals surface area contributed by atoms with E-state index in [9.17, 15) is 5.11 Å². The number of halogens is 1. The average Bonchev–Trinajstić information content (AvgIpc) is 2.58. The van der Waals surface area contributed by atoms with Gasteiger partial charge < -0.3 is 9.84 Å². The average molecular weight is 349 g/mol. The first kappa shape index (κ1) is 17.8. The first-order chi connectivity index (χ1) is 11.1. The van der Waals surface area contributed by atoms with Gasteiger partial charge in [-0.3, -0.25) is 0 Å². The minimum absolute atomic E-state index is 0.119. The summed E-state index contributed by atoms with van der Waals surface area (Å²) in [5.41, 5.74) is 1.57. The second kappa shape index (κ2) is 8.90. The lowest BCUT2D eigenvalue weighted by Gasteiger charge is -2.16. The van der Waals surface area contributed by atoms with E-state index in [0.717, 1.165) is 5.56 Å². The Morgan fingerprint density at radius 1 is 1.35 bits per heavy atom. The van der Waals surface area contributed by atoms with Crippen LogP contribution < -0.4 is 0 Å². The Kier molecular flexibility index (Phi) is 6.87. The molecular formula is C17H17ClN2O2S. The van der Waals surface area contributed by atoms with Crippen molar-refractivity contribution in [1.82, 2.24) is 4.98 Å². The Morgan fingerprint density at radius 2 is 2.09 bits per heavy atom. The topological polar surface area (TPSA) is 66.1 Å². The smallest absolute Gasteiger partial charge is 0.0993 e. The van der Waals surface area contributed by atoms with Gasteiger partial charge in [0.1, 0.15) is 0 Å². The summed E-state index contributed by atoms with van der Waals surface area (Å²) in [6.45, 7) is 2.16. The lowest BCUT2D eigenvalue weighted by Crippen LogP contribution is -2.19. The molecule has 0 bridgehead atoms. The molecule has 1 heterocycles. The molecule has 4 nitrogen and oxygen atoms in total. The minimum Gasteiger partial charge on any atom is -0.390 e. The molecule has 0 amide bonds. The van der Waals surface area contributed by atoms with Crippen LogP contribution in [0.5, 0.6) is 0 Å². The van der Waals surface area contributed by atoms with Crippen molar-refractivity contribution in [2.24, 2.45) is 0 Å². The molecule has 0 aliphatic heterocycles. The molecule has 120 valence electrons. The highest BCUT2D eigenvalue weighted by atomic mass is 35.5. The number of aliphatic hydroxyl groups excluding tert-OH is 1. The molecule has 2 atom stereocenters. The second-order valence-electron chi connectivity index (χ2n) is 4.99. The molecular weight excluding hydrogens is 332 g/mol. The standard InChI is InChI=1S/C17H17ClN2O2S/c1-12(14-2-4-15(18)5-3-14)22-10-16(21)11-23-17-8-13(9-19)6-7-20-17/h2-8,12,16,21H,10-11H2,1H3. The fourth-order valence-electron chi connectivity index (χ4n) is 1.87. The molecule has 23 heavy (non-hydrogen) atoms. The van der Waals surface area contributed by atoms with E-state index in [4.69, 9.17) is 21.6 Å². The number of thioether (sulfide) groups is 1. The van der Waals surface area contributed by atoms with Gasteiger partial charge in [0.25, 0.3) is 0 Å². The van der Waals surface area contributed by atoms with Crippen LogP contribution in [0.4, 0.5) is 0 Å². The first-order valence-electron chi connectivity index (χ1n) is 7.12. The highest BCUT2D eigenvalue weighted by molar-refractivity contribution is 7.99. The van der Waals surface area contributed by atoms with Crippen molar-refractivity contribution in [3.63, 3.8) is 0 Å². The van der Waals surface area contributed by atoms with Gasteiger partial charge in [-0.25, -0.2) is 4.98 Å². The SMILES string of the molecule is CC(OCC(O)CSc1cc(C#N)ccn1)c1ccc(Cl)cc1. The highest BCUT2D eigenvalue weighted by Gasteiger charge is 2.11. The number of nitriles is 1. The number of hydrogen-bond acceptors (Lipinski definition) is 5. The molecule has 1 aromatic carbocycles. The zero-order valence-electron chi connectivity index (χ0n) is 12.6. The van der Waals surface area contributed by atoms with Crippen molar-refractivity contribution < 1.29 is 9.84 Å². The summed E-state index contributed by atoms with van der Waals surface area (Å²) >= 11 is 7.25. The normalized spacial score (nSPS) is 13.3. The number of pyridine rings is 1. The first-order valence-corrected chi connectivity index (χ1v) is 8.49. The summed E-state index contributed by atoms with van der Waals surface area (Å²) in [7, 11) is 0. The molecule has 1 N–H and O–H groups in total. The molecule has 0 spiro atoms. The third-order valence-corrected chi connectivity index (χ3v) is 4.49. The van der Waals surface area contributed by atoms with Gasteiger partial charge in [0, 0.05) is 17.0 Å². The number of hydrogen-bond donors (Lipinski definition) is 1. The number of ether oxygens (including phenoxy) is 1. The van der Waals surface area contributed by atoms with Gasteiger partial charge in [0.15, 0.2) is 0 Å². The van der Waals surface area contributed by atoms with E-state index < -0.39 is 6.10 Å². The molecule has 0 fully saturated rings. The van der Waals surface area contributed by atoms with Gasteiger partial charge in [-0.15, -0.1) is 11.8 Å². The number of benzene rings is 1. The van der Waals surface area contributed by atoms with Crippen LogP contribution >= 0.6 is 23.4 Å². The molecule has 0 saturated heterocycles. The van der Waals surface area contributed by atoms with Crippen molar-refractivity contribution in [2.75, 3.05) is 12.4 Å². The Bertz CT molecular complexity index is 673. The lowest BCUT2D eigenvalue weighted by atomic mass is 10.1. The quantitative estimate of drug-likeness (QED) is 0.770. The monoisotopic (exact) mass is 348 g/mol. The molecule has 2 aromatic rings. The van der Waals surface area contributed by atoms with Crippen molar-refractivity contribution in [3.8, 4) is 6.07 Å². The Balaban J connectivity index is 1.77. The van der Waals surface area contributed by atoms with Crippen molar-refractivity contribution in [2.45, 2.75) is 24.2 Å². The van der Waals surface area contributed by atoms with Crippen molar-refractivity contribution in [3.05, 3.63) is 58.7 Å². The summed E-state index contributed by atoms with van der Waals surface area (Å²) < 4.78 is 5.68. The van der Waals surface area contributed by atoms with Crippen LogP contribution in [0.15, 0.2) is 47.6 Å². The molecule has 0 saturated carbocycles. The van der Waals surface area contributed by atoms with E-state index >= 15 is 0 Å². The molecule has 2 unspecified atom stereocenters. The van der Waals surface area contributed by atoms with Gasteiger partial charge in [-0.2, -0.15) is 5.26 Å². The molecule has 1 aromatic heterocycles. The molecule has 2 rings (SSSR count). The van der Waals surface area contributed by atoms with E-state index in [-0.39, 0.29) is 12.7 Å². The summed E-state index contributed by atoms with van der Waals surface area (Å²) in [4.78, 5) is 4.16. The van der Waals surface area contributed by atoms with Crippen LogP contribution in [0, 0.1) is 11.3 Å². The van der Waals surface area contributed by atoms with Gasteiger partial charge >= 0.3 is 0 Å². The Hall–Kier alpha value is -1.58. The maximum atomic E-state index is 10.0. The number of nitrogens with zero attached hydrogens (tertiary/aromatic N) is 2. The van der Waals surface area contributed by atoms with Crippen LogP contribution in [0.1, 0.15) is 24.2 Å². The third kappa shape index (κ3) is 5.85. The lowest BCUT2D eigenvalue weighted by molar-refractivity contribution is 0.00622. The Labute approximate surface area is 145 Å². The summed E-state index contributed by atoms with van der Waals surface area (Å²) in [5.74, 6) is 0.454. The third-order valence-electron chi connectivity index (χ3n) is 3.17. The van der Waals surface area contributed by atoms with E-state index in [2.05, 4.69) is 11.1 Å². The van der Waals surface area contributed by atoms with Crippen LogP contribution in [0.2, 0.25) is 5.02 Å². The van der Waals surface area contributed by atoms with Gasteiger partial charge in [0.2, 0.25) is 0 Å². The fraction of sp³-hybridized carbons (Fsp3) is 0.294. The van der Waals surface area contributed by atoms with Gasteiger partial charge in [-0.1, -0.05) is 23.7 Å². The van der Waals surface area contributed by atoms with E-state index in [1.807, 2.05) is 31.2 Å². The molecule has 0 radical (unpaired) electrons.